The first-order valence-corrected chi connectivity index (χ1v) is 10.1. The molecule has 2 rings (SSSR count). The van der Waals surface area contributed by atoms with Gasteiger partial charge in [-0.1, -0.05) is 6.92 Å². The van der Waals surface area contributed by atoms with Crippen molar-refractivity contribution in [2.24, 2.45) is 0 Å². The van der Waals surface area contributed by atoms with Gasteiger partial charge in [-0.05, 0) is 38.6 Å². The second-order valence-electron chi connectivity index (χ2n) is 5.63. The normalized spacial score (nSPS) is 19.5. The third kappa shape index (κ3) is 4.25. The molecule has 1 atom stereocenters. The van der Waals surface area contributed by atoms with Gasteiger partial charge in [-0.25, -0.2) is 13.1 Å². The van der Waals surface area contributed by atoms with Gasteiger partial charge in [0.25, 0.3) is 0 Å². The first kappa shape index (κ1) is 16.9. The molecule has 1 saturated heterocycles. The molecule has 1 aliphatic rings. The number of hydrogen-bond donors (Lipinski definition) is 2. The van der Waals surface area contributed by atoms with E-state index in [-0.39, 0.29) is 12.1 Å². The molecule has 0 bridgehead atoms. The Balaban J connectivity index is 2.21. The van der Waals surface area contributed by atoms with Crippen LogP contribution in [0.15, 0.2) is 17.2 Å². The number of aromatic nitrogens is 1. The molecule has 2 N–H and O–H groups in total. The van der Waals surface area contributed by atoms with Crippen LogP contribution in [0, 0.1) is 0 Å². The van der Waals surface area contributed by atoms with E-state index in [4.69, 9.17) is 0 Å². The Morgan fingerprint density at radius 1 is 1.48 bits per heavy atom. The molecule has 0 radical (unpaired) electrons. The maximum atomic E-state index is 12.5. The minimum atomic E-state index is -3.42. The maximum absolute atomic E-state index is 12.5. The van der Waals surface area contributed by atoms with Crippen LogP contribution in [0.25, 0.3) is 0 Å². The van der Waals surface area contributed by atoms with Crippen LogP contribution < -0.4 is 10.0 Å². The van der Waals surface area contributed by atoms with E-state index in [0.717, 1.165) is 30.2 Å². The van der Waals surface area contributed by atoms with E-state index in [9.17, 15) is 8.42 Å². The van der Waals surface area contributed by atoms with Crippen molar-refractivity contribution in [3.8, 4) is 0 Å². The fraction of sp³-hybridized carbons (Fsp3) is 0.714. The first-order valence-electron chi connectivity index (χ1n) is 7.45. The van der Waals surface area contributed by atoms with Gasteiger partial charge < -0.3 is 9.88 Å². The number of thioether (sulfide) groups is 1. The van der Waals surface area contributed by atoms with Crippen LogP contribution in [0.5, 0.6) is 0 Å². The van der Waals surface area contributed by atoms with Gasteiger partial charge >= 0.3 is 0 Å². The van der Waals surface area contributed by atoms with Crippen LogP contribution >= 0.6 is 11.8 Å². The van der Waals surface area contributed by atoms with Gasteiger partial charge in [-0.2, -0.15) is 11.8 Å². The second-order valence-corrected chi connectivity index (χ2v) is 8.49. The van der Waals surface area contributed by atoms with Crippen molar-refractivity contribution in [3.05, 3.63) is 18.0 Å². The third-order valence-corrected chi connectivity index (χ3v) is 6.23. The molecule has 0 aliphatic carbocycles. The summed E-state index contributed by atoms with van der Waals surface area (Å²) in [6.45, 7) is 7.71. The summed E-state index contributed by atoms with van der Waals surface area (Å²) < 4.78 is 29.8. The Bertz CT molecular complexity index is 561. The van der Waals surface area contributed by atoms with E-state index < -0.39 is 10.0 Å². The highest BCUT2D eigenvalue weighted by Gasteiger charge is 2.25. The fourth-order valence-electron chi connectivity index (χ4n) is 2.43. The van der Waals surface area contributed by atoms with E-state index in [1.165, 1.54) is 0 Å². The standard InChI is InChI=1S/C14H25N3O2S2/c1-4-15-8-13-7-14(9-17(13)11(2)3)21(18,19)16-12-5-6-20-10-12/h7,9,11-12,15-16H,4-6,8,10H2,1-3H3. The summed E-state index contributed by atoms with van der Waals surface area (Å²) in [6.07, 6.45) is 2.67. The zero-order valence-corrected chi connectivity index (χ0v) is 14.6. The molecule has 1 aliphatic heterocycles. The lowest BCUT2D eigenvalue weighted by Gasteiger charge is -2.12. The summed E-state index contributed by atoms with van der Waals surface area (Å²) in [5, 5.41) is 3.26. The number of rotatable bonds is 7. The van der Waals surface area contributed by atoms with Gasteiger partial charge in [-0.15, -0.1) is 0 Å². The predicted molar refractivity (Wildman–Crippen MR) is 88.2 cm³/mol. The summed E-state index contributed by atoms with van der Waals surface area (Å²) in [5.74, 6) is 1.90. The lowest BCUT2D eigenvalue weighted by Crippen LogP contribution is -2.34. The SMILES string of the molecule is CCNCc1cc(S(=O)(=O)NC2CCSC2)cn1C(C)C. The quantitative estimate of drug-likeness (QED) is 0.802. The summed E-state index contributed by atoms with van der Waals surface area (Å²) in [4.78, 5) is 0.376. The van der Waals surface area contributed by atoms with Crippen molar-refractivity contribution in [1.82, 2.24) is 14.6 Å². The van der Waals surface area contributed by atoms with E-state index >= 15 is 0 Å². The molecule has 7 heteroatoms. The molecule has 0 saturated carbocycles. The molecule has 1 aromatic rings. The summed E-state index contributed by atoms with van der Waals surface area (Å²) in [7, 11) is -3.42. The monoisotopic (exact) mass is 331 g/mol. The molecule has 0 spiro atoms. The predicted octanol–water partition coefficient (Wildman–Crippen LogP) is 1.96. The van der Waals surface area contributed by atoms with Crippen LogP contribution in [0.4, 0.5) is 0 Å². The molecule has 1 fully saturated rings. The molecule has 0 amide bonds. The average Bonchev–Trinajstić information content (AvgIpc) is 3.04. The molecule has 5 nitrogen and oxygen atoms in total. The molecule has 2 heterocycles. The van der Waals surface area contributed by atoms with Gasteiger partial charge in [0.05, 0.1) is 4.90 Å². The van der Waals surface area contributed by atoms with Gasteiger partial charge in [-0.3, -0.25) is 0 Å². The number of nitrogens with zero attached hydrogens (tertiary/aromatic N) is 1. The van der Waals surface area contributed by atoms with Crippen LogP contribution in [0.1, 0.15) is 38.9 Å². The van der Waals surface area contributed by atoms with Crippen LogP contribution in [-0.4, -0.2) is 37.1 Å². The highest BCUT2D eigenvalue weighted by atomic mass is 32.2. The number of sulfonamides is 1. The van der Waals surface area contributed by atoms with E-state index in [2.05, 4.69) is 23.9 Å². The highest BCUT2D eigenvalue weighted by Crippen LogP contribution is 2.22. The van der Waals surface area contributed by atoms with Crippen molar-refractivity contribution >= 4 is 21.8 Å². The number of hydrogen-bond acceptors (Lipinski definition) is 4. The van der Waals surface area contributed by atoms with Gasteiger partial charge in [0.2, 0.25) is 10.0 Å². The fourth-order valence-corrected chi connectivity index (χ4v) is 5.01. The van der Waals surface area contributed by atoms with E-state index in [0.29, 0.717) is 11.4 Å². The molecule has 0 aromatic carbocycles. The summed E-state index contributed by atoms with van der Waals surface area (Å²) >= 11 is 1.80. The molecular weight excluding hydrogens is 306 g/mol. The molecule has 21 heavy (non-hydrogen) atoms. The Labute approximate surface area is 131 Å². The van der Waals surface area contributed by atoms with Crippen molar-refractivity contribution in [3.63, 3.8) is 0 Å². The van der Waals surface area contributed by atoms with Crippen molar-refractivity contribution in [1.29, 1.82) is 0 Å². The van der Waals surface area contributed by atoms with E-state index in [1.807, 2.05) is 11.5 Å². The van der Waals surface area contributed by atoms with Crippen molar-refractivity contribution < 1.29 is 8.42 Å². The minimum absolute atomic E-state index is 0.0691. The Morgan fingerprint density at radius 2 is 2.24 bits per heavy atom. The van der Waals surface area contributed by atoms with Gasteiger partial charge in [0, 0.05) is 36.3 Å². The van der Waals surface area contributed by atoms with Crippen molar-refractivity contribution in [2.45, 2.75) is 50.7 Å². The smallest absolute Gasteiger partial charge is 0.242 e. The van der Waals surface area contributed by atoms with Crippen LogP contribution in [0.2, 0.25) is 0 Å². The molecule has 120 valence electrons. The zero-order valence-electron chi connectivity index (χ0n) is 12.9. The van der Waals surface area contributed by atoms with Crippen LogP contribution in [0.3, 0.4) is 0 Å². The van der Waals surface area contributed by atoms with E-state index in [1.54, 1.807) is 24.0 Å². The lowest BCUT2D eigenvalue weighted by molar-refractivity contribution is 0.552. The molecular formula is C14H25N3O2S2. The Morgan fingerprint density at radius 3 is 2.81 bits per heavy atom. The van der Waals surface area contributed by atoms with Crippen LogP contribution in [-0.2, 0) is 16.6 Å². The highest BCUT2D eigenvalue weighted by molar-refractivity contribution is 7.99. The molecule has 1 aromatic heterocycles. The topological polar surface area (TPSA) is 63.1 Å². The summed E-state index contributed by atoms with van der Waals surface area (Å²) in [5.41, 5.74) is 1.01. The maximum Gasteiger partial charge on any atom is 0.242 e. The number of nitrogens with one attached hydrogen (secondary N) is 2. The second kappa shape index (κ2) is 7.17. The molecule has 1 unspecified atom stereocenters. The zero-order chi connectivity index (χ0) is 15.5. The lowest BCUT2D eigenvalue weighted by atomic mass is 10.3. The Hall–Kier alpha value is -0.500. The van der Waals surface area contributed by atoms with Crippen molar-refractivity contribution in [2.75, 3.05) is 18.1 Å². The largest absolute Gasteiger partial charge is 0.346 e. The first-order chi connectivity index (χ1) is 9.94. The third-order valence-electron chi connectivity index (χ3n) is 3.58. The minimum Gasteiger partial charge on any atom is -0.346 e. The Kier molecular flexibility index (Phi) is 5.76. The average molecular weight is 332 g/mol. The van der Waals surface area contributed by atoms with Gasteiger partial charge in [0.15, 0.2) is 0 Å². The summed E-state index contributed by atoms with van der Waals surface area (Å²) in [6, 6.07) is 2.09. The van der Waals surface area contributed by atoms with Gasteiger partial charge in [0.1, 0.15) is 0 Å².